The van der Waals surface area contributed by atoms with Crippen LogP contribution in [-0.2, 0) is 25.5 Å². The second kappa shape index (κ2) is 19.2. The zero-order valence-corrected chi connectivity index (χ0v) is 41.0. The van der Waals surface area contributed by atoms with Gasteiger partial charge in [-0.3, -0.25) is 14.2 Å². The van der Waals surface area contributed by atoms with Gasteiger partial charge in [-0.2, -0.15) is 0 Å². The third-order valence-corrected chi connectivity index (χ3v) is 12.0. The van der Waals surface area contributed by atoms with E-state index in [-0.39, 0.29) is 54.3 Å². The van der Waals surface area contributed by atoms with Gasteiger partial charge in [0.15, 0.2) is 5.65 Å². The van der Waals surface area contributed by atoms with E-state index in [0.717, 1.165) is 61.6 Å². The number of nitrogens with zero attached hydrogens (tertiary/aromatic N) is 4. The summed E-state index contributed by atoms with van der Waals surface area (Å²) in [7, 11) is 0. The fourth-order valence-corrected chi connectivity index (χ4v) is 8.42. The maximum atomic E-state index is 14.7. The summed E-state index contributed by atoms with van der Waals surface area (Å²) in [4.78, 5) is 25.5. The zero-order valence-electron chi connectivity index (χ0n) is 38.7. The van der Waals surface area contributed by atoms with E-state index in [4.69, 9.17) is 19.5 Å². The van der Waals surface area contributed by atoms with Crippen LogP contribution in [-0.4, -0.2) is 30.6 Å². The summed E-state index contributed by atoms with van der Waals surface area (Å²) < 4.78 is 37.5. The van der Waals surface area contributed by atoms with Crippen molar-refractivity contribution < 1.29 is 43.2 Å². The van der Waals surface area contributed by atoms with Crippen molar-refractivity contribution in [2.45, 2.75) is 65.7 Å². The number of aromatic nitrogens is 4. The monoisotopic (exact) mass is 1080 g/mol. The van der Waals surface area contributed by atoms with Crippen molar-refractivity contribution >= 4 is 39.1 Å². The maximum absolute atomic E-state index is 14.7. The van der Waals surface area contributed by atoms with Gasteiger partial charge in [-0.1, -0.05) is 162 Å². The maximum Gasteiger partial charge on any atom is 0.292 e. The van der Waals surface area contributed by atoms with Crippen molar-refractivity contribution in [1.29, 1.82) is 0 Å². The molecule has 68 heavy (non-hydrogen) atoms. The van der Waals surface area contributed by atoms with Gasteiger partial charge in [0.25, 0.3) is 5.97 Å². The van der Waals surface area contributed by atoms with Crippen molar-refractivity contribution in [3.8, 4) is 50.7 Å². The van der Waals surface area contributed by atoms with E-state index in [9.17, 15) is 13.6 Å². The normalized spacial score (nSPS) is 11.6. The average Bonchev–Trinajstić information content (AvgIpc) is 3.89. The van der Waals surface area contributed by atoms with Gasteiger partial charge in [0.05, 0.1) is 22.6 Å². The number of imidazole rings is 1. The molecular formula is C58H48F2IrN4O3-2. The Morgan fingerprint density at radius 2 is 1.41 bits per heavy atom. The molecule has 6 aromatic carbocycles. The number of hydrogen-bond acceptors (Lipinski definition) is 5. The van der Waals surface area contributed by atoms with Gasteiger partial charge in [0.2, 0.25) is 0 Å². The molecule has 0 saturated heterocycles. The molecule has 0 amide bonds. The van der Waals surface area contributed by atoms with Gasteiger partial charge in [-0.15, -0.1) is 30.3 Å². The Hall–Kier alpha value is -7.13. The molecule has 1 N–H and O–H groups in total. The Labute approximate surface area is 407 Å². The fraction of sp³-hybridized carbons (Fsp3) is 0.172. The average molecular weight is 1080 g/mol. The van der Waals surface area contributed by atoms with Crippen LogP contribution in [0.1, 0.15) is 87.4 Å². The Bertz CT molecular complexity index is 3440. The molecular weight excluding hydrogens is 1030 g/mol. The van der Waals surface area contributed by atoms with E-state index in [1.54, 1.807) is 24.4 Å². The number of fused-ring (bicyclic) bond motifs is 4. The topological polar surface area (TPSA) is 94.0 Å². The van der Waals surface area contributed by atoms with Crippen molar-refractivity contribution in [3.63, 3.8) is 0 Å². The van der Waals surface area contributed by atoms with Crippen LogP contribution in [0, 0.1) is 23.8 Å². The van der Waals surface area contributed by atoms with Crippen molar-refractivity contribution in [1.82, 2.24) is 19.5 Å². The van der Waals surface area contributed by atoms with E-state index < -0.39 is 11.8 Å². The molecule has 4 heterocycles. The number of aromatic carboxylic acids is 1. The number of furan rings is 1. The van der Waals surface area contributed by atoms with E-state index in [2.05, 4.69) is 107 Å². The third-order valence-electron chi connectivity index (χ3n) is 12.0. The molecule has 1 radical (unpaired) electrons. The van der Waals surface area contributed by atoms with Gasteiger partial charge in [-0.25, -0.2) is 9.37 Å². The minimum absolute atomic E-state index is 0. The number of carboxylic acids is 1. The predicted octanol–water partition coefficient (Wildman–Crippen LogP) is 15.2. The van der Waals surface area contributed by atoms with Crippen LogP contribution in [0.15, 0.2) is 150 Å². The second-order valence-electron chi connectivity index (χ2n) is 18.3. The number of carbonyl (C=O) groups is 1. The van der Waals surface area contributed by atoms with Crippen molar-refractivity contribution in [2.75, 3.05) is 0 Å². The molecule has 0 aliphatic carbocycles. The van der Waals surface area contributed by atoms with E-state index in [0.29, 0.717) is 28.2 Å². The number of halogens is 2. The number of pyridine rings is 2. The summed E-state index contributed by atoms with van der Waals surface area (Å²) in [5, 5.41) is 10.7. The summed E-state index contributed by atoms with van der Waals surface area (Å²) in [5.74, 6) is -0.851. The predicted molar refractivity (Wildman–Crippen MR) is 264 cm³/mol. The molecule has 0 spiro atoms. The first-order chi connectivity index (χ1) is 32.2. The quantitative estimate of drug-likeness (QED) is 0.152. The molecule has 7 nitrogen and oxygen atoms in total. The molecule has 10 rings (SSSR count). The Kier molecular flexibility index (Phi) is 13.4. The molecule has 4 aromatic heterocycles. The zero-order chi connectivity index (χ0) is 47.1. The summed E-state index contributed by atoms with van der Waals surface area (Å²) in [6.45, 7) is 15.1. The first kappa shape index (κ1) is 47.4. The van der Waals surface area contributed by atoms with Crippen LogP contribution >= 0.6 is 0 Å². The van der Waals surface area contributed by atoms with E-state index >= 15 is 0 Å². The van der Waals surface area contributed by atoms with Crippen molar-refractivity contribution in [2.24, 2.45) is 0 Å². The van der Waals surface area contributed by atoms with Crippen LogP contribution in [0.25, 0.3) is 83.8 Å². The van der Waals surface area contributed by atoms with Crippen LogP contribution in [0.4, 0.5) is 8.78 Å². The van der Waals surface area contributed by atoms with Gasteiger partial charge in [-0.05, 0) is 75.0 Å². The van der Waals surface area contributed by atoms with E-state index in [1.807, 2.05) is 66.7 Å². The van der Waals surface area contributed by atoms with Crippen LogP contribution in [0.3, 0.4) is 0 Å². The number of rotatable bonds is 8. The van der Waals surface area contributed by atoms with Gasteiger partial charge < -0.3 is 19.1 Å². The van der Waals surface area contributed by atoms with Gasteiger partial charge in [0.1, 0.15) is 11.4 Å². The van der Waals surface area contributed by atoms with Crippen molar-refractivity contribution in [3.05, 3.63) is 192 Å². The van der Waals surface area contributed by atoms with Crippen LogP contribution in [0.5, 0.6) is 0 Å². The standard InChI is InChI=1S/C42H33FN3O.C16H15FNO2.Ir/c1-25(2)29-15-10-16-30(26(3)4)39(29)46-41(45-37-23-22-36(44-42(37)46)27-12-6-5-7-13-27)34-18-11-17-33-32-21-20-28(24-38(32)47-40(33)34)31-14-8-9-19-35(31)43;1-16(2,3)11-5-7-14(18-9-11)12-6-4-10(15(19)20)8-13(12)17;/h5-17,19-26H,1-4H3;4-5,7-9H,1-3H3,(H,19,20);/q2*-1;. The molecule has 0 fully saturated rings. The second-order valence-corrected chi connectivity index (χ2v) is 18.3. The SMILES string of the molecule is CC(C)(C)c1ccc(-c2[c-]cc(C(=O)O)cc2F)nc1.CC(C)c1cccc(C(C)C)c1-n1c(-c2[c-]ccc3c2oc2cc(-c4ccccc4F)ccc23)nc2ccc(-c3ccccc3)nc21.[Ir]. The Morgan fingerprint density at radius 3 is 2.06 bits per heavy atom. The van der Waals surface area contributed by atoms with Crippen LogP contribution in [0.2, 0.25) is 0 Å². The van der Waals surface area contributed by atoms with Gasteiger partial charge in [0, 0.05) is 54.3 Å². The first-order valence-electron chi connectivity index (χ1n) is 22.3. The first-order valence-corrected chi connectivity index (χ1v) is 22.3. The minimum atomic E-state index is -1.18. The van der Waals surface area contributed by atoms with Gasteiger partial charge >= 0.3 is 0 Å². The molecule has 0 bridgehead atoms. The molecule has 10 heteroatoms. The summed E-state index contributed by atoms with van der Waals surface area (Å²) >= 11 is 0. The molecule has 0 aliphatic rings. The fourth-order valence-electron chi connectivity index (χ4n) is 8.42. The summed E-state index contributed by atoms with van der Waals surface area (Å²) in [6.07, 6.45) is 1.70. The summed E-state index contributed by atoms with van der Waals surface area (Å²) in [6, 6.07) is 49.5. The Morgan fingerprint density at radius 1 is 0.706 bits per heavy atom. The van der Waals surface area contributed by atoms with E-state index in [1.165, 1.54) is 23.3 Å². The molecule has 0 aliphatic heterocycles. The number of hydrogen-bond donors (Lipinski definition) is 1. The minimum Gasteiger partial charge on any atom is -0.501 e. The molecule has 10 aromatic rings. The molecule has 0 unspecified atom stereocenters. The molecule has 0 atom stereocenters. The number of benzene rings is 6. The molecule has 0 saturated carbocycles. The number of carboxylic acid groups (broad SMARTS) is 1. The molecule has 343 valence electrons. The summed E-state index contributed by atoms with van der Waals surface area (Å²) in [5.41, 5.74) is 11.9. The third kappa shape index (κ3) is 9.14. The largest absolute Gasteiger partial charge is 0.501 e. The Balaban J connectivity index is 0.000000251. The number of para-hydroxylation sites is 1. The smallest absolute Gasteiger partial charge is 0.292 e. The van der Waals surface area contributed by atoms with Crippen LogP contribution < -0.4 is 0 Å².